The van der Waals surface area contributed by atoms with Crippen molar-refractivity contribution in [2.45, 2.75) is 0 Å². The number of fused-ring (bicyclic) bond motifs is 1. The summed E-state index contributed by atoms with van der Waals surface area (Å²) in [6, 6.07) is 3.20. The topological polar surface area (TPSA) is 54.7 Å². The molecule has 3 N–H and O–H groups in total. The summed E-state index contributed by atoms with van der Waals surface area (Å²) in [5, 5.41) is 6.76. The Labute approximate surface area is 62.0 Å². The first-order valence-corrected chi connectivity index (χ1v) is 3.16. The molecule has 0 bridgehead atoms. The lowest BCUT2D eigenvalue weighted by Crippen LogP contribution is -1.89. The van der Waals surface area contributed by atoms with Crippen LogP contribution in [0.3, 0.4) is 0 Å². The number of nitrogen functional groups attached to an aromatic ring is 1. The Kier molecular flexibility index (Phi) is 1.09. The van der Waals surface area contributed by atoms with Gasteiger partial charge in [-0.25, -0.2) is 4.39 Å². The smallest absolute Gasteiger partial charge is 0.157 e. The van der Waals surface area contributed by atoms with Crippen LogP contribution < -0.4 is 5.73 Å². The minimum atomic E-state index is -0.406. The summed E-state index contributed by atoms with van der Waals surface area (Å²) in [7, 11) is 0. The number of aromatic nitrogens is 2. The average Bonchev–Trinajstić information content (AvgIpc) is 2.45. The van der Waals surface area contributed by atoms with Crippen LogP contribution in [-0.4, -0.2) is 10.2 Å². The summed E-state index contributed by atoms with van der Waals surface area (Å²) in [5.74, 6) is -0.406. The summed E-state index contributed by atoms with van der Waals surface area (Å²) < 4.78 is 13.0. The van der Waals surface area contributed by atoms with Gasteiger partial charge in [-0.1, -0.05) is 0 Å². The van der Waals surface area contributed by atoms with E-state index in [9.17, 15) is 4.39 Å². The normalized spacial score (nSPS) is 10.6. The van der Waals surface area contributed by atoms with Crippen LogP contribution in [0.4, 0.5) is 10.1 Å². The van der Waals surface area contributed by atoms with Gasteiger partial charge in [-0.3, -0.25) is 5.10 Å². The Morgan fingerprint density at radius 1 is 1.45 bits per heavy atom. The van der Waals surface area contributed by atoms with E-state index < -0.39 is 5.82 Å². The number of nitrogens with one attached hydrogen (secondary N) is 1. The maximum atomic E-state index is 13.0. The van der Waals surface area contributed by atoms with Gasteiger partial charge < -0.3 is 5.73 Å². The number of nitrogens with zero attached hydrogens (tertiary/aromatic N) is 1. The molecule has 0 aliphatic carbocycles. The molecule has 2 aromatic rings. The SMILES string of the molecule is Nc1ccc2[nH]ncc2c1F. The Hall–Kier alpha value is -1.58. The number of aromatic amines is 1. The largest absolute Gasteiger partial charge is 0.396 e. The summed E-state index contributed by atoms with van der Waals surface area (Å²) >= 11 is 0. The Morgan fingerprint density at radius 3 is 3.09 bits per heavy atom. The van der Waals surface area contributed by atoms with E-state index in [4.69, 9.17) is 5.73 Å². The molecule has 0 unspecified atom stereocenters. The van der Waals surface area contributed by atoms with Crippen LogP contribution in [0, 0.1) is 5.82 Å². The van der Waals surface area contributed by atoms with Crippen molar-refractivity contribution in [3.8, 4) is 0 Å². The van der Waals surface area contributed by atoms with E-state index in [1.807, 2.05) is 0 Å². The van der Waals surface area contributed by atoms with Crippen LogP contribution in [-0.2, 0) is 0 Å². The first-order valence-electron chi connectivity index (χ1n) is 3.16. The molecule has 0 atom stereocenters. The predicted molar refractivity (Wildman–Crippen MR) is 40.5 cm³/mol. The second-order valence-corrected chi connectivity index (χ2v) is 2.30. The molecule has 0 aliphatic heterocycles. The number of hydrogen-bond acceptors (Lipinski definition) is 2. The molecule has 1 heterocycles. The van der Waals surface area contributed by atoms with Gasteiger partial charge in [-0.15, -0.1) is 0 Å². The lowest BCUT2D eigenvalue weighted by Gasteiger charge is -1.94. The molecule has 3 nitrogen and oxygen atoms in total. The first kappa shape index (κ1) is 6.15. The monoisotopic (exact) mass is 151 g/mol. The van der Waals surface area contributed by atoms with Gasteiger partial charge in [0.25, 0.3) is 0 Å². The third-order valence-electron chi connectivity index (χ3n) is 1.59. The number of halogens is 1. The third-order valence-corrected chi connectivity index (χ3v) is 1.59. The Morgan fingerprint density at radius 2 is 2.27 bits per heavy atom. The minimum absolute atomic E-state index is 0.152. The summed E-state index contributed by atoms with van der Waals surface area (Å²) in [6.45, 7) is 0. The average molecular weight is 151 g/mol. The van der Waals surface area contributed by atoms with E-state index in [1.165, 1.54) is 12.3 Å². The lowest BCUT2D eigenvalue weighted by atomic mass is 10.2. The van der Waals surface area contributed by atoms with Crippen LogP contribution in [0.5, 0.6) is 0 Å². The minimum Gasteiger partial charge on any atom is -0.396 e. The van der Waals surface area contributed by atoms with Crippen molar-refractivity contribution in [2.24, 2.45) is 0 Å². The molecule has 2 rings (SSSR count). The van der Waals surface area contributed by atoms with Crippen molar-refractivity contribution in [3.05, 3.63) is 24.1 Å². The fraction of sp³-hybridized carbons (Fsp3) is 0. The fourth-order valence-electron chi connectivity index (χ4n) is 1.000. The van der Waals surface area contributed by atoms with Crippen LogP contribution in [0.2, 0.25) is 0 Å². The molecule has 1 aromatic heterocycles. The molecule has 0 fully saturated rings. The van der Waals surface area contributed by atoms with Gasteiger partial charge in [0.1, 0.15) is 0 Å². The number of benzene rings is 1. The van der Waals surface area contributed by atoms with Gasteiger partial charge in [-0.2, -0.15) is 5.10 Å². The highest BCUT2D eigenvalue weighted by atomic mass is 19.1. The zero-order valence-corrected chi connectivity index (χ0v) is 5.63. The number of hydrogen-bond donors (Lipinski definition) is 2. The highest BCUT2D eigenvalue weighted by molar-refractivity contribution is 5.82. The molecule has 0 saturated carbocycles. The third kappa shape index (κ3) is 0.756. The van der Waals surface area contributed by atoms with Crippen molar-refractivity contribution < 1.29 is 4.39 Å². The van der Waals surface area contributed by atoms with Gasteiger partial charge in [0.15, 0.2) is 5.82 Å². The molecule has 0 saturated heterocycles. The standard InChI is InChI=1S/C7H6FN3/c8-7-4-3-10-11-6(4)2-1-5(7)9/h1-3H,9H2,(H,10,11). The summed E-state index contributed by atoms with van der Waals surface area (Å²) in [5.41, 5.74) is 6.14. The maximum Gasteiger partial charge on any atom is 0.157 e. The van der Waals surface area contributed by atoms with Crippen LogP contribution in [0.15, 0.2) is 18.3 Å². The fourth-order valence-corrected chi connectivity index (χ4v) is 1.000. The predicted octanol–water partition coefficient (Wildman–Crippen LogP) is 1.28. The van der Waals surface area contributed by atoms with E-state index in [1.54, 1.807) is 6.07 Å². The molecule has 0 aliphatic rings. The first-order chi connectivity index (χ1) is 5.29. The Balaban J connectivity index is 2.93. The van der Waals surface area contributed by atoms with Crippen molar-refractivity contribution in [1.82, 2.24) is 10.2 Å². The van der Waals surface area contributed by atoms with Crippen molar-refractivity contribution in [1.29, 1.82) is 0 Å². The van der Waals surface area contributed by atoms with E-state index in [-0.39, 0.29) is 5.69 Å². The molecule has 56 valence electrons. The van der Waals surface area contributed by atoms with Crippen molar-refractivity contribution >= 4 is 16.6 Å². The summed E-state index contributed by atoms with van der Waals surface area (Å²) in [4.78, 5) is 0. The van der Waals surface area contributed by atoms with Gasteiger partial charge in [-0.05, 0) is 12.1 Å². The quantitative estimate of drug-likeness (QED) is 0.557. The van der Waals surface area contributed by atoms with Crippen LogP contribution in [0.1, 0.15) is 0 Å². The molecular formula is C7H6FN3. The maximum absolute atomic E-state index is 13.0. The molecule has 4 heteroatoms. The van der Waals surface area contributed by atoms with Crippen LogP contribution >= 0.6 is 0 Å². The van der Waals surface area contributed by atoms with Gasteiger partial charge in [0.2, 0.25) is 0 Å². The van der Waals surface area contributed by atoms with E-state index in [2.05, 4.69) is 10.2 Å². The highest BCUT2D eigenvalue weighted by Gasteiger charge is 2.04. The molecule has 0 amide bonds. The zero-order chi connectivity index (χ0) is 7.84. The molecular weight excluding hydrogens is 145 g/mol. The number of H-pyrrole nitrogens is 1. The second kappa shape index (κ2) is 1.95. The second-order valence-electron chi connectivity index (χ2n) is 2.30. The van der Waals surface area contributed by atoms with Crippen molar-refractivity contribution in [2.75, 3.05) is 5.73 Å². The van der Waals surface area contributed by atoms with E-state index in [0.717, 1.165) is 0 Å². The highest BCUT2D eigenvalue weighted by Crippen LogP contribution is 2.19. The molecule has 0 spiro atoms. The van der Waals surface area contributed by atoms with Gasteiger partial charge in [0, 0.05) is 0 Å². The van der Waals surface area contributed by atoms with Crippen LogP contribution in [0.25, 0.3) is 10.9 Å². The zero-order valence-electron chi connectivity index (χ0n) is 5.63. The van der Waals surface area contributed by atoms with Crippen molar-refractivity contribution in [3.63, 3.8) is 0 Å². The Bertz CT molecular complexity index is 393. The molecule has 0 radical (unpaired) electrons. The summed E-state index contributed by atoms with van der Waals surface area (Å²) in [6.07, 6.45) is 1.42. The number of rotatable bonds is 0. The number of anilines is 1. The molecule has 11 heavy (non-hydrogen) atoms. The van der Waals surface area contributed by atoms with E-state index >= 15 is 0 Å². The van der Waals surface area contributed by atoms with Gasteiger partial charge in [0.05, 0.1) is 22.8 Å². The van der Waals surface area contributed by atoms with Gasteiger partial charge >= 0.3 is 0 Å². The molecule has 1 aromatic carbocycles. The lowest BCUT2D eigenvalue weighted by molar-refractivity contribution is 0.644. The van der Waals surface area contributed by atoms with E-state index in [0.29, 0.717) is 10.9 Å². The number of nitrogens with two attached hydrogens (primary N) is 1.